The lowest BCUT2D eigenvalue weighted by Gasteiger charge is -2.19. The van der Waals surface area contributed by atoms with Crippen LogP contribution in [0.3, 0.4) is 0 Å². The van der Waals surface area contributed by atoms with E-state index in [0.29, 0.717) is 5.56 Å². The molecule has 0 unspecified atom stereocenters. The molecular formula is C22H21FN2O4S. The summed E-state index contributed by atoms with van der Waals surface area (Å²) in [7, 11) is -2.47. The molecule has 1 amide bonds. The van der Waals surface area contributed by atoms with Crippen molar-refractivity contribution in [2.75, 3.05) is 7.05 Å². The van der Waals surface area contributed by atoms with Crippen molar-refractivity contribution in [3.8, 4) is 5.75 Å². The van der Waals surface area contributed by atoms with Crippen LogP contribution in [0.25, 0.3) is 0 Å². The Labute approximate surface area is 174 Å². The van der Waals surface area contributed by atoms with Gasteiger partial charge in [-0.15, -0.1) is 0 Å². The fourth-order valence-electron chi connectivity index (χ4n) is 2.87. The van der Waals surface area contributed by atoms with Gasteiger partial charge in [-0.05, 0) is 29.8 Å². The summed E-state index contributed by atoms with van der Waals surface area (Å²) < 4.78 is 41.6. The summed E-state index contributed by atoms with van der Waals surface area (Å²) in [5.41, 5.74) is 0.901. The zero-order valence-electron chi connectivity index (χ0n) is 16.2. The smallest absolute Gasteiger partial charge is 0.257 e. The van der Waals surface area contributed by atoms with Crippen LogP contribution in [0.4, 0.5) is 4.39 Å². The van der Waals surface area contributed by atoms with Crippen molar-refractivity contribution in [2.24, 2.45) is 0 Å². The second-order valence-corrected chi connectivity index (χ2v) is 8.51. The Morgan fingerprint density at radius 3 is 2.40 bits per heavy atom. The number of carbonyl (C=O) groups excluding carboxylic acids is 1. The molecule has 0 spiro atoms. The van der Waals surface area contributed by atoms with Crippen LogP contribution in [-0.2, 0) is 23.1 Å². The number of benzene rings is 3. The van der Waals surface area contributed by atoms with Crippen molar-refractivity contribution in [2.45, 2.75) is 18.0 Å². The molecule has 3 aromatic rings. The van der Waals surface area contributed by atoms with Crippen LogP contribution >= 0.6 is 0 Å². The molecule has 6 nitrogen and oxygen atoms in total. The summed E-state index contributed by atoms with van der Waals surface area (Å²) in [4.78, 5) is 13.8. The molecule has 0 aromatic heterocycles. The van der Waals surface area contributed by atoms with Gasteiger partial charge in [-0.25, -0.2) is 17.5 Å². The number of amides is 1. The lowest BCUT2D eigenvalue weighted by molar-refractivity contribution is 0.0780. The second-order valence-electron chi connectivity index (χ2n) is 6.74. The van der Waals surface area contributed by atoms with E-state index in [1.165, 1.54) is 24.1 Å². The Hall–Kier alpha value is -3.23. The number of hydrogen-bond acceptors (Lipinski definition) is 4. The average Bonchev–Trinajstić information content (AvgIpc) is 2.74. The number of sulfonamides is 1. The van der Waals surface area contributed by atoms with E-state index in [-0.39, 0.29) is 29.3 Å². The molecule has 8 heteroatoms. The van der Waals surface area contributed by atoms with Crippen LogP contribution < -0.4 is 4.72 Å². The Bertz CT molecular complexity index is 1150. The normalized spacial score (nSPS) is 11.3. The van der Waals surface area contributed by atoms with E-state index in [2.05, 4.69) is 4.72 Å². The largest absolute Gasteiger partial charge is 0.507 e. The number of phenolic OH excluding ortho intramolecular Hbond substituents is 1. The predicted octanol–water partition coefficient (Wildman–Crippen LogP) is 3.28. The number of phenols is 1. The number of nitrogens with zero attached hydrogens (tertiary/aromatic N) is 1. The van der Waals surface area contributed by atoms with Crippen molar-refractivity contribution >= 4 is 15.9 Å². The summed E-state index contributed by atoms with van der Waals surface area (Å²) >= 11 is 0. The topological polar surface area (TPSA) is 86.7 Å². The van der Waals surface area contributed by atoms with E-state index >= 15 is 0 Å². The fraction of sp³-hybridized carbons (Fsp3) is 0.136. The van der Waals surface area contributed by atoms with Crippen LogP contribution in [0.1, 0.15) is 21.5 Å². The Morgan fingerprint density at radius 2 is 1.70 bits per heavy atom. The quantitative estimate of drug-likeness (QED) is 0.605. The molecule has 0 saturated carbocycles. The molecule has 3 aromatic carbocycles. The van der Waals surface area contributed by atoms with Gasteiger partial charge in [0.05, 0.1) is 10.5 Å². The van der Waals surface area contributed by atoms with E-state index in [9.17, 15) is 22.7 Å². The first-order valence-electron chi connectivity index (χ1n) is 9.13. The van der Waals surface area contributed by atoms with Crippen LogP contribution in [0.2, 0.25) is 0 Å². The maximum absolute atomic E-state index is 13.9. The van der Waals surface area contributed by atoms with Gasteiger partial charge in [0.25, 0.3) is 5.91 Å². The van der Waals surface area contributed by atoms with Gasteiger partial charge >= 0.3 is 0 Å². The van der Waals surface area contributed by atoms with Gasteiger partial charge in [-0.1, -0.05) is 48.5 Å². The van der Waals surface area contributed by atoms with Gasteiger partial charge in [-0.3, -0.25) is 4.79 Å². The van der Waals surface area contributed by atoms with Crippen LogP contribution in [0, 0.1) is 5.82 Å². The minimum Gasteiger partial charge on any atom is -0.507 e. The first-order valence-corrected chi connectivity index (χ1v) is 10.6. The van der Waals surface area contributed by atoms with Gasteiger partial charge in [0, 0.05) is 25.7 Å². The van der Waals surface area contributed by atoms with E-state index in [0.717, 1.165) is 17.7 Å². The first-order chi connectivity index (χ1) is 14.3. The number of hydrogen-bond donors (Lipinski definition) is 2. The number of carbonyl (C=O) groups is 1. The zero-order valence-corrected chi connectivity index (χ0v) is 17.1. The standard InChI is InChI=1S/C22H21FN2O4S/c1-25(15-17-9-5-6-10-20(17)23)22(27)19-13-18(11-12-21(19)26)30(28,29)24-14-16-7-3-2-4-8-16/h2-13,24,26H,14-15H2,1H3. The molecular weight excluding hydrogens is 407 g/mol. The number of rotatable bonds is 7. The summed E-state index contributed by atoms with van der Waals surface area (Å²) in [6.07, 6.45) is 0. The highest BCUT2D eigenvalue weighted by atomic mass is 32.2. The maximum atomic E-state index is 13.9. The highest BCUT2D eigenvalue weighted by molar-refractivity contribution is 7.89. The van der Waals surface area contributed by atoms with Crippen molar-refractivity contribution in [3.05, 3.63) is 95.3 Å². The summed E-state index contributed by atoms with van der Waals surface area (Å²) in [5, 5.41) is 10.1. The Balaban J connectivity index is 1.80. The molecule has 0 aliphatic rings. The third kappa shape index (κ3) is 5.03. The van der Waals surface area contributed by atoms with E-state index < -0.39 is 21.7 Å². The number of aromatic hydroxyl groups is 1. The maximum Gasteiger partial charge on any atom is 0.257 e. The lowest BCUT2D eigenvalue weighted by atomic mass is 10.1. The summed E-state index contributed by atoms with van der Waals surface area (Å²) in [6.45, 7) is 0.0503. The fourth-order valence-corrected chi connectivity index (χ4v) is 3.91. The monoisotopic (exact) mass is 428 g/mol. The summed E-state index contributed by atoms with van der Waals surface area (Å²) in [6, 6.07) is 18.5. The number of nitrogens with one attached hydrogen (secondary N) is 1. The molecule has 156 valence electrons. The average molecular weight is 428 g/mol. The van der Waals surface area contributed by atoms with Crippen molar-refractivity contribution in [1.82, 2.24) is 9.62 Å². The molecule has 0 saturated heterocycles. The Kier molecular flexibility index (Phi) is 6.49. The highest BCUT2D eigenvalue weighted by Gasteiger charge is 2.22. The molecule has 0 aliphatic carbocycles. The molecule has 3 rings (SSSR count). The third-order valence-electron chi connectivity index (χ3n) is 4.53. The van der Waals surface area contributed by atoms with Crippen LogP contribution in [-0.4, -0.2) is 31.4 Å². The molecule has 0 heterocycles. The summed E-state index contributed by atoms with van der Waals surface area (Å²) in [5.74, 6) is -1.44. The van der Waals surface area contributed by atoms with Gasteiger partial charge in [0.1, 0.15) is 11.6 Å². The highest BCUT2D eigenvalue weighted by Crippen LogP contribution is 2.23. The molecule has 0 aliphatic heterocycles. The molecule has 30 heavy (non-hydrogen) atoms. The predicted molar refractivity (Wildman–Crippen MR) is 111 cm³/mol. The van der Waals surface area contributed by atoms with Gasteiger partial charge < -0.3 is 10.0 Å². The third-order valence-corrected chi connectivity index (χ3v) is 5.93. The van der Waals surface area contributed by atoms with Crippen molar-refractivity contribution < 1.29 is 22.7 Å². The van der Waals surface area contributed by atoms with E-state index in [4.69, 9.17) is 0 Å². The molecule has 0 atom stereocenters. The zero-order chi connectivity index (χ0) is 21.7. The minimum atomic E-state index is -3.91. The van der Waals surface area contributed by atoms with Gasteiger partial charge in [-0.2, -0.15) is 0 Å². The SMILES string of the molecule is CN(Cc1ccccc1F)C(=O)c1cc(S(=O)(=O)NCc2ccccc2)ccc1O. The van der Waals surface area contributed by atoms with Crippen LogP contribution in [0.15, 0.2) is 77.7 Å². The lowest BCUT2D eigenvalue weighted by Crippen LogP contribution is -2.27. The van der Waals surface area contributed by atoms with Crippen LogP contribution in [0.5, 0.6) is 5.75 Å². The molecule has 0 bridgehead atoms. The second kappa shape index (κ2) is 9.06. The van der Waals surface area contributed by atoms with Crippen molar-refractivity contribution in [3.63, 3.8) is 0 Å². The molecule has 2 N–H and O–H groups in total. The van der Waals surface area contributed by atoms with Crippen molar-refractivity contribution in [1.29, 1.82) is 0 Å². The first kappa shape index (κ1) is 21.5. The van der Waals surface area contributed by atoms with Gasteiger partial charge in [0.2, 0.25) is 10.0 Å². The Morgan fingerprint density at radius 1 is 1.03 bits per heavy atom. The minimum absolute atomic E-state index is 0.0336. The molecule has 0 fully saturated rings. The van der Waals surface area contributed by atoms with E-state index in [1.807, 2.05) is 6.07 Å². The van der Waals surface area contributed by atoms with Gasteiger partial charge in [0.15, 0.2) is 0 Å². The molecule has 0 radical (unpaired) electrons. The van der Waals surface area contributed by atoms with E-state index in [1.54, 1.807) is 42.5 Å². The number of halogens is 1.